The predicted octanol–water partition coefficient (Wildman–Crippen LogP) is 2.26. The van der Waals surface area contributed by atoms with Gasteiger partial charge < -0.3 is 0 Å². The van der Waals surface area contributed by atoms with Crippen LogP contribution < -0.4 is 5.14 Å². The molecule has 22 heavy (non-hydrogen) atoms. The van der Waals surface area contributed by atoms with Gasteiger partial charge >= 0.3 is 133 Å². The van der Waals surface area contributed by atoms with Crippen molar-refractivity contribution in [1.82, 2.24) is 4.98 Å². The second kappa shape index (κ2) is 5.78. The zero-order valence-electron chi connectivity index (χ0n) is 11.2. The van der Waals surface area contributed by atoms with Crippen LogP contribution in [0.5, 0.6) is 0 Å². The van der Waals surface area contributed by atoms with E-state index < -0.39 is 10.0 Å². The van der Waals surface area contributed by atoms with E-state index >= 15 is 0 Å². The second-order valence-corrected chi connectivity index (χ2v) is 8.33. The van der Waals surface area contributed by atoms with E-state index in [1.165, 1.54) is 24.3 Å². The standard InChI is InChI=1S/C15H11FN2O2SSe/c16-12-5-1-10(2-6-12)14-9-18-15(22-14)11-3-7-13(8-4-11)21(17,19)20/h1-9H,(H2,17,19,20). The van der Waals surface area contributed by atoms with Crippen molar-refractivity contribution in [3.05, 3.63) is 60.5 Å². The summed E-state index contributed by atoms with van der Waals surface area (Å²) in [6, 6.07) is 12.6. The topological polar surface area (TPSA) is 73.1 Å². The van der Waals surface area contributed by atoms with Gasteiger partial charge in [0.15, 0.2) is 0 Å². The summed E-state index contributed by atoms with van der Waals surface area (Å²) in [7, 11) is -3.68. The fourth-order valence-corrected chi connectivity index (χ4v) is 4.40. The van der Waals surface area contributed by atoms with E-state index in [1.54, 1.807) is 30.5 Å². The summed E-state index contributed by atoms with van der Waals surface area (Å²) in [5, 5.41) is 5.08. The summed E-state index contributed by atoms with van der Waals surface area (Å²) in [5.74, 6) is -0.269. The van der Waals surface area contributed by atoms with Crippen molar-refractivity contribution in [2.45, 2.75) is 4.90 Å². The Morgan fingerprint density at radius 3 is 2.14 bits per heavy atom. The molecule has 0 fully saturated rings. The first kappa shape index (κ1) is 15.1. The molecule has 0 atom stereocenters. The molecule has 0 radical (unpaired) electrons. The number of halogens is 1. The maximum absolute atomic E-state index is 12.9. The molecule has 1 aromatic heterocycles. The first-order valence-electron chi connectivity index (χ1n) is 6.28. The number of hydrogen-bond acceptors (Lipinski definition) is 3. The molecule has 3 rings (SSSR count). The number of benzene rings is 2. The van der Waals surface area contributed by atoms with Gasteiger partial charge in [-0.05, 0) is 0 Å². The van der Waals surface area contributed by atoms with Gasteiger partial charge in [-0.15, -0.1) is 0 Å². The van der Waals surface area contributed by atoms with Gasteiger partial charge in [-0.3, -0.25) is 0 Å². The molecular weight excluding hydrogens is 370 g/mol. The summed E-state index contributed by atoms with van der Waals surface area (Å²) in [6.07, 6.45) is 1.77. The summed E-state index contributed by atoms with van der Waals surface area (Å²) in [5.41, 5.74) is 1.81. The molecule has 0 spiro atoms. The van der Waals surface area contributed by atoms with Crippen LogP contribution in [0.3, 0.4) is 0 Å². The Morgan fingerprint density at radius 2 is 1.55 bits per heavy atom. The first-order chi connectivity index (χ1) is 10.4. The van der Waals surface area contributed by atoms with Crippen LogP contribution in [-0.4, -0.2) is 27.9 Å². The van der Waals surface area contributed by atoms with Crippen LogP contribution in [0.25, 0.3) is 20.1 Å². The molecule has 0 bridgehead atoms. The zero-order valence-corrected chi connectivity index (χ0v) is 13.8. The SMILES string of the molecule is NS(=O)(=O)c1ccc(-c2ncc(-c3ccc(F)cc3)[se]2)cc1. The molecule has 0 aliphatic heterocycles. The van der Waals surface area contributed by atoms with Gasteiger partial charge in [-0.1, -0.05) is 0 Å². The number of primary sulfonamides is 1. The molecule has 4 nitrogen and oxygen atoms in total. The molecular formula is C15H11FN2O2SSe. The number of aromatic nitrogens is 1. The average molecular weight is 381 g/mol. The number of rotatable bonds is 3. The molecule has 3 aromatic rings. The molecule has 0 aliphatic carbocycles. The van der Waals surface area contributed by atoms with Crippen LogP contribution in [-0.2, 0) is 10.0 Å². The van der Waals surface area contributed by atoms with E-state index in [0.717, 1.165) is 20.1 Å². The third kappa shape index (κ3) is 3.18. The Kier molecular flexibility index (Phi) is 3.97. The van der Waals surface area contributed by atoms with E-state index in [2.05, 4.69) is 4.98 Å². The molecule has 2 aromatic carbocycles. The van der Waals surface area contributed by atoms with Crippen LogP contribution in [0.1, 0.15) is 0 Å². The summed E-state index contributed by atoms with van der Waals surface area (Å²) < 4.78 is 37.4. The molecule has 0 amide bonds. The van der Waals surface area contributed by atoms with Crippen LogP contribution in [0.2, 0.25) is 0 Å². The maximum atomic E-state index is 12.9. The summed E-state index contributed by atoms with van der Waals surface area (Å²) in [4.78, 5) is 4.46. The van der Waals surface area contributed by atoms with Gasteiger partial charge in [0, 0.05) is 0 Å². The molecule has 0 saturated carbocycles. The Balaban J connectivity index is 1.92. The van der Waals surface area contributed by atoms with E-state index in [1.807, 2.05) is 0 Å². The number of nitrogens with two attached hydrogens (primary N) is 1. The fraction of sp³-hybridized carbons (Fsp3) is 0. The van der Waals surface area contributed by atoms with Gasteiger partial charge in [0.1, 0.15) is 0 Å². The third-order valence-electron chi connectivity index (χ3n) is 3.06. The van der Waals surface area contributed by atoms with Crippen molar-refractivity contribution in [1.29, 1.82) is 0 Å². The van der Waals surface area contributed by atoms with Gasteiger partial charge in [0.2, 0.25) is 0 Å². The van der Waals surface area contributed by atoms with Gasteiger partial charge in [-0.2, -0.15) is 0 Å². The fourth-order valence-electron chi connectivity index (χ4n) is 1.94. The summed E-state index contributed by atoms with van der Waals surface area (Å²) in [6.45, 7) is 0. The Labute approximate surface area is 133 Å². The van der Waals surface area contributed by atoms with Crippen molar-refractivity contribution < 1.29 is 12.8 Å². The van der Waals surface area contributed by atoms with E-state index in [0.29, 0.717) is 0 Å². The van der Waals surface area contributed by atoms with Crippen molar-refractivity contribution in [2.24, 2.45) is 5.14 Å². The van der Waals surface area contributed by atoms with Gasteiger partial charge in [-0.25, -0.2) is 0 Å². The normalized spacial score (nSPS) is 11.5. The molecule has 112 valence electrons. The Hall–Kier alpha value is -1.79. The van der Waals surface area contributed by atoms with E-state index in [4.69, 9.17) is 5.14 Å². The van der Waals surface area contributed by atoms with Crippen molar-refractivity contribution in [3.8, 4) is 20.1 Å². The zero-order chi connectivity index (χ0) is 15.7. The Bertz CT molecular complexity index is 903. The Morgan fingerprint density at radius 1 is 0.955 bits per heavy atom. The van der Waals surface area contributed by atoms with Crippen LogP contribution in [0.15, 0.2) is 59.6 Å². The molecule has 7 heteroatoms. The predicted molar refractivity (Wildman–Crippen MR) is 83.4 cm³/mol. The minimum absolute atomic E-state index is 0.0130. The van der Waals surface area contributed by atoms with Crippen molar-refractivity contribution in [2.75, 3.05) is 0 Å². The van der Waals surface area contributed by atoms with Crippen LogP contribution in [0.4, 0.5) is 4.39 Å². The van der Waals surface area contributed by atoms with E-state index in [9.17, 15) is 12.8 Å². The van der Waals surface area contributed by atoms with Crippen LogP contribution in [0, 0.1) is 5.82 Å². The molecule has 2 N–H and O–H groups in total. The van der Waals surface area contributed by atoms with Crippen LogP contribution >= 0.6 is 0 Å². The minimum atomic E-state index is -3.68. The van der Waals surface area contributed by atoms with Crippen molar-refractivity contribution >= 4 is 24.5 Å². The quantitative estimate of drug-likeness (QED) is 0.708. The number of hydrogen-bond donors (Lipinski definition) is 1. The summed E-state index contributed by atoms with van der Waals surface area (Å²) >= 11 is -0.0130. The number of nitrogens with zero attached hydrogens (tertiary/aromatic N) is 1. The van der Waals surface area contributed by atoms with Crippen molar-refractivity contribution in [3.63, 3.8) is 0 Å². The monoisotopic (exact) mass is 382 g/mol. The molecule has 1 heterocycles. The first-order valence-corrected chi connectivity index (χ1v) is 9.54. The third-order valence-corrected chi connectivity index (χ3v) is 6.29. The van der Waals surface area contributed by atoms with E-state index in [-0.39, 0.29) is 25.2 Å². The molecule has 0 saturated heterocycles. The molecule has 0 aliphatic rings. The van der Waals surface area contributed by atoms with Gasteiger partial charge in [0.25, 0.3) is 0 Å². The molecule has 0 unspecified atom stereocenters. The number of sulfonamides is 1. The average Bonchev–Trinajstić information content (AvgIpc) is 2.97. The van der Waals surface area contributed by atoms with Gasteiger partial charge in [0.05, 0.1) is 0 Å². The second-order valence-electron chi connectivity index (χ2n) is 4.61.